The molecule has 0 radical (unpaired) electrons. The van der Waals surface area contributed by atoms with E-state index in [9.17, 15) is 13.7 Å². The lowest BCUT2D eigenvalue weighted by Crippen LogP contribution is -2.45. The Labute approximate surface area is 139 Å². The number of nitrogens with zero attached hydrogens (tertiary/aromatic N) is 1. The minimum atomic E-state index is -3.64. The second-order valence-electron chi connectivity index (χ2n) is 6.25. The largest absolute Gasteiger partial charge is 0.240 e. The average molecular weight is 332 g/mol. The standard InChI is InChI=1S/C18H24N2O2S/c1-3-15(13-19)18(16-7-5-4-6-8-16)20-23(21,22)17-11-9-14(2)10-12-17/h3,9-12,15-16,18,20H,1,4-8H2,2H3. The van der Waals surface area contributed by atoms with Crippen molar-refractivity contribution in [2.24, 2.45) is 11.8 Å². The second kappa shape index (κ2) is 7.76. The first-order chi connectivity index (χ1) is 11.0. The molecule has 5 heteroatoms. The summed E-state index contributed by atoms with van der Waals surface area (Å²) >= 11 is 0. The van der Waals surface area contributed by atoms with E-state index in [2.05, 4.69) is 17.4 Å². The van der Waals surface area contributed by atoms with Gasteiger partial charge in [-0.1, -0.05) is 43.0 Å². The van der Waals surface area contributed by atoms with Crippen LogP contribution in [-0.2, 0) is 10.0 Å². The van der Waals surface area contributed by atoms with Crippen LogP contribution in [-0.4, -0.2) is 14.5 Å². The number of hydrogen-bond acceptors (Lipinski definition) is 3. The van der Waals surface area contributed by atoms with Crippen LogP contribution in [0.15, 0.2) is 41.8 Å². The summed E-state index contributed by atoms with van der Waals surface area (Å²) in [5.41, 5.74) is 1.01. The van der Waals surface area contributed by atoms with Gasteiger partial charge in [-0.3, -0.25) is 0 Å². The first kappa shape index (κ1) is 17.7. The number of hydrogen-bond donors (Lipinski definition) is 1. The van der Waals surface area contributed by atoms with Gasteiger partial charge in [-0.2, -0.15) is 5.26 Å². The SMILES string of the molecule is C=CC(C#N)C(NS(=O)(=O)c1ccc(C)cc1)C1CCCCC1. The molecule has 0 bridgehead atoms. The summed E-state index contributed by atoms with van der Waals surface area (Å²) in [6.07, 6.45) is 6.81. The van der Waals surface area contributed by atoms with Crippen LogP contribution in [0.25, 0.3) is 0 Å². The lowest BCUT2D eigenvalue weighted by molar-refractivity contribution is 0.271. The molecule has 1 aliphatic carbocycles. The maximum Gasteiger partial charge on any atom is 0.240 e. The van der Waals surface area contributed by atoms with Gasteiger partial charge < -0.3 is 0 Å². The molecular weight excluding hydrogens is 308 g/mol. The third kappa shape index (κ3) is 4.43. The first-order valence-electron chi connectivity index (χ1n) is 8.09. The van der Waals surface area contributed by atoms with Gasteiger partial charge in [-0.25, -0.2) is 13.1 Å². The first-order valence-corrected chi connectivity index (χ1v) is 9.57. The van der Waals surface area contributed by atoms with Crippen molar-refractivity contribution in [2.75, 3.05) is 0 Å². The molecule has 1 aromatic rings. The van der Waals surface area contributed by atoms with Gasteiger partial charge in [-0.05, 0) is 37.8 Å². The van der Waals surface area contributed by atoms with E-state index in [1.54, 1.807) is 30.3 Å². The summed E-state index contributed by atoms with van der Waals surface area (Å²) in [4.78, 5) is 0.240. The molecule has 1 aromatic carbocycles. The molecule has 2 atom stereocenters. The summed E-state index contributed by atoms with van der Waals surface area (Å²) in [5.74, 6) is -0.329. The Morgan fingerprint density at radius 3 is 2.39 bits per heavy atom. The smallest absolute Gasteiger partial charge is 0.207 e. The van der Waals surface area contributed by atoms with Crippen LogP contribution < -0.4 is 4.72 Å². The van der Waals surface area contributed by atoms with Gasteiger partial charge in [0.15, 0.2) is 0 Å². The Bertz CT molecular complexity index is 668. The highest BCUT2D eigenvalue weighted by Gasteiger charge is 2.33. The number of nitriles is 1. The summed E-state index contributed by atoms with van der Waals surface area (Å²) in [6, 6.07) is 8.53. The third-order valence-corrected chi connectivity index (χ3v) is 6.05. The predicted molar refractivity (Wildman–Crippen MR) is 91.2 cm³/mol. The zero-order chi connectivity index (χ0) is 16.9. The van der Waals surface area contributed by atoms with E-state index in [0.29, 0.717) is 0 Å². The van der Waals surface area contributed by atoms with Crippen LogP contribution in [0.2, 0.25) is 0 Å². The summed E-state index contributed by atoms with van der Waals surface area (Å²) in [5, 5.41) is 9.37. The van der Waals surface area contributed by atoms with Crippen molar-refractivity contribution in [3.05, 3.63) is 42.5 Å². The molecule has 0 heterocycles. The monoisotopic (exact) mass is 332 g/mol. The maximum absolute atomic E-state index is 12.7. The maximum atomic E-state index is 12.7. The Hall–Kier alpha value is -1.64. The third-order valence-electron chi connectivity index (χ3n) is 4.57. The molecule has 0 saturated heterocycles. The summed E-state index contributed by atoms with van der Waals surface area (Å²) in [6.45, 7) is 5.62. The average Bonchev–Trinajstić information content (AvgIpc) is 2.56. The molecule has 1 saturated carbocycles. The zero-order valence-electron chi connectivity index (χ0n) is 13.5. The summed E-state index contributed by atoms with van der Waals surface area (Å²) in [7, 11) is -3.64. The molecule has 2 rings (SSSR count). The zero-order valence-corrected chi connectivity index (χ0v) is 14.3. The van der Waals surface area contributed by atoms with Crippen molar-refractivity contribution in [3.8, 4) is 6.07 Å². The molecule has 4 nitrogen and oxygen atoms in total. The van der Waals surface area contributed by atoms with E-state index < -0.39 is 22.0 Å². The summed E-state index contributed by atoms with van der Waals surface area (Å²) < 4.78 is 28.1. The normalized spacial score (nSPS) is 18.8. The predicted octanol–water partition coefficient (Wildman–Crippen LogP) is 3.55. The molecule has 124 valence electrons. The van der Waals surface area contributed by atoms with Crippen LogP contribution in [0, 0.1) is 30.1 Å². The number of rotatable bonds is 6. The van der Waals surface area contributed by atoms with Crippen LogP contribution >= 0.6 is 0 Å². The van der Waals surface area contributed by atoms with Crippen molar-refractivity contribution >= 4 is 10.0 Å². The Kier molecular flexibility index (Phi) is 5.97. The molecule has 1 fully saturated rings. The molecule has 0 aromatic heterocycles. The van der Waals surface area contributed by atoms with Gasteiger partial charge in [0, 0.05) is 6.04 Å². The highest BCUT2D eigenvalue weighted by atomic mass is 32.2. The fourth-order valence-corrected chi connectivity index (χ4v) is 4.53. The van der Waals surface area contributed by atoms with Gasteiger partial charge in [0.05, 0.1) is 16.9 Å². The quantitative estimate of drug-likeness (QED) is 0.810. The topological polar surface area (TPSA) is 70.0 Å². The molecule has 0 aliphatic heterocycles. The molecule has 23 heavy (non-hydrogen) atoms. The molecular formula is C18H24N2O2S. The van der Waals surface area contributed by atoms with E-state index >= 15 is 0 Å². The van der Waals surface area contributed by atoms with Crippen molar-refractivity contribution < 1.29 is 8.42 Å². The van der Waals surface area contributed by atoms with E-state index in [-0.39, 0.29) is 10.8 Å². The second-order valence-corrected chi connectivity index (χ2v) is 7.96. The Balaban J connectivity index is 2.26. The highest BCUT2D eigenvalue weighted by Crippen LogP contribution is 2.31. The minimum Gasteiger partial charge on any atom is -0.207 e. The van der Waals surface area contributed by atoms with E-state index in [1.807, 2.05) is 6.92 Å². The Morgan fingerprint density at radius 1 is 1.26 bits per heavy atom. The minimum absolute atomic E-state index is 0.187. The number of nitrogens with one attached hydrogen (secondary N) is 1. The van der Waals surface area contributed by atoms with Crippen molar-refractivity contribution in [1.82, 2.24) is 4.72 Å². The lowest BCUT2D eigenvalue weighted by atomic mass is 9.79. The molecule has 0 amide bonds. The van der Waals surface area contributed by atoms with Crippen LogP contribution in [0.3, 0.4) is 0 Å². The van der Waals surface area contributed by atoms with E-state index in [0.717, 1.165) is 31.2 Å². The van der Waals surface area contributed by atoms with Crippen LogP contribution in [0.5, 0.6) is 0 Å². The Morgan fingerprint density at radius 2 is 1.87 bits per heavy atom. The van der Waals surface area contributed by atoms with Crippen LogP contribution in [0.4, 0.5) is 0 Å². The fraction of sp³-hybridized carbons (Fsp3) is 0.500. The molecule has 1 N–H and O–H groups in total. The van der Waals surface area contributed by atoms with E-state index in [1.165, 1.54) is 6.42 Å². The van der Waals surface area contributed by atoms with Crippen LogP contribution in [0.1, 0.15) is 37.7 Å². The fourth-order valence-electron chi connectivity index (χ4n) is 3.20. The van der Waals surface area contributed by atoms with Crippen molar-refractivity contribution in [2.45, 2.75) is 50.0 Å². The molecule has 0 spiro atoms. The molecule has 1 aliphatic rings. The lowest BCUT2D eigenvalue weighted by Gasteiger charge is -2.32. The molecule has 2 unspecified atom stereocenters. The number of sulfonamides is 1. The van der Waals surface area contributed by atoms with Gasteiger partial charge in [0.2, 0.25) is 10.0 Å². The van der Waals surface area contributed by atoms with Gasteiger partial charge >= 0.3 is 0 Å². The van der Waals surface area contributed by atoms with E-state index in [4.69, 9.17) is 0 Å². The van der Waals surface area contributed by atoms with Crippen molar-refractivity contribution in [3.63, 3.8) is 0 Å². The number of benzene rings is 1. The van der Waals surface area contributed by atoms with Gasteiger partial charge in [0.25, 0.3) is 0 Å². The van der Waals surface area contributed by atoms with Gasteiger partial charge in [0.1, 0.15) is 0 Å². The number of aryl methyl sites for hydroxylation is 1. The highest BCUT2D eigenvalue weighted by molar-refractivity contribution is 7.89. The van der Waals surface area contributed by atoms with Crippen molar-refractivity contribution in [1.29, 1.82) is 5.26 Å². The van der Waals surface area contributed by atoms with Gasteiger partial charge in [-0.15, -0.1) is 6.58 Å².